The van der Waals surface area contributed by atoms with Crippen molar-refractivity contribution in [3.63, 3.8) is 0 Å². The Morgan fingerprint density at radius 2 is 1.68 bits per heavy atom. The van der Waals surface area contributed by atoms with Crippen LogP contribution in [0.5, 0.6) is 5.75 Å². The number of carbonyl (C=O) groups is 1. The lowest BCUT2D eigenvalue weighted by Crippen LogP contribution is -2.29. The van der Waals surface area contributed by atoms with Crippen molar-refractivity contribution in [2.24, 2.45) is 5.92 Å². The molecule has 0 saturated heterocycles. The molecule has 134 valence electrons. The summed E-state index contributed by atoms with van der Waals surface area (Å²) in [6.07, 6.45) is 0.541. The summed E-state index contributed by atoms with van der Waals surface area (Å²) < 4.78 is 30.4. The van der Waals surface area contributed by atoms with Gasteiger partial charge in [0.25, 0.3) is 0 Å². The van der Waals surface area contributed by atoms with Crippen molar-refractivity contribution in [2.75, 3.05) is 12.9 Å². The standard InChI is InChI=1S/C19H22O5S/c1-3-17(14-7-5-4-6-8-14)18(19(20)21)13-25(22,23)16-11-9-15(24-2)10-12-16/h4-12,17-18H,3,13H2,1-2H3,(H,20,21). The van der Waals surface area contributed by atoms with Gasteiger partial charge in [0.1, 0.15) is 5.75 Å². The van der Waals surface area contributed by atoms with E-state index in [1.165, 1.54) is 19.2 Å². The molecule has 2 aromatic rings. The molecule has 0 spiro atoms. The van der Waals surface area contributed by atoms with Gasteiger partial charge in [-0.1, -0.05) is 37.3 Å². The average Bonchev–Trinajstić information content (AvgIpc) is 2.62. The monoisotopic (exact) mass is 362 g/mol. The molecule has 2 atom stereocenters. The van der Waals surface area contributed by atoms with Crippen LogP contribution in [-0.2, 0) is 14.6 Å². The minimum absolute atomic E-state index is 0.0995. The molecule has 6 heteroatoms. The molecule has 0 fully saturated rings. The predicted octanol–water partition coefficient (Wildman–Crippen LogP) is 3.36. The van der Waals surface area contributed by atoms with Gasteiger partial charge in [-0.15, -0.1) is 0 Å². The second-order valence-electron chi connectivity index (χ2n) is 5.83. The lowest BCUT2D eigenvalue weighted by Gasteiger charge is -2.23. The molecule has 0 radical (unpaired) electrons. The Morgan fingerprint density at radius 3 is 2.16 bits per heavy atom. The fourth-order valence-corrected chi connectivity index (χ4v) is 4.52. The molecule has 5 nitrogen and oxygen atoms in total. The van der Waals surface area contributed by atoms with E-state index in [1.807, 2.05) is 37.3 Å². The smallest absolute Gasteiger partial charge is 0.308 e. The van der Waals surface area contributed by atoms with Crippen LogP contribution < -0.4 is 4.74 Å². The minimum Gasteiger partial charge on any atom is -0.497 e. The number of carboxylic acid groups (broad SMARTS) is 1. The molecule has 0 aliphatic rings. The number of hydrogen-bond acceptors (Lipinski definition) is 4. The molecule has 25 heavy (non-hydrogen) atoms. The zero-order chi connectivity index (χ0) is 18.4. The Morgan fingerprint density at radius 1 is 1.08 bits per heavy atom. The van der Waals surface area contributed by atoms with Gasteiger partial charge >= 0.3 is 5.97 Å². The van der Waals surface area contributed by atoms with Crippen LogP contribution >= 0.6 is 0 Å². The summed E-state index contributed by atoms with van der Waals surface area (Å²) in [7, 11) is -2.23. The Hall–Kier alpha value is -2.34. The van der Waals surface area contributed by atoms with Crippen LogP contribution in [0.25, 0.3) is 0 Å². The highest BCUT2D eigenvalue weighted by atomic mass is 32.2. The molecule has 2 aromatic carbocycles. The number of methoxy groups -OCH3 is 1. The first-order chi connectivity index (χ1) is 11.9. The van der Waals surface area contributed by atoms with Gasteiger partial charge in [0.05, 0.1) is 23.7 Å². The highest BCUT2D eigenvalue weighted by Crippen LogP contribution is 2.31. The molecule has 0 heterocycles. The topological polar surface area (TPSA) is 80.7 Å². The molecule has 2 rings (SSSR count). The van der Waals surface area contributed by atoms with Gasteiger partial charge in [-0.2, -0.15) is 0 Å². The number of ether oxygens (including phenoxy) is 1. The van der Waals surface area contributed by atoms with Crippen molar-refractivity contribution in [1.29, 1.82) is 0 Å². The van der Waals surface area contributed by atoms with Crippen LogP contribution in [0, 0.1) is 5.92 Å². The third kappa shape index (κ3) is 4.60. The number of hydrogen-bond donors (Lipinski definition) is 1. The lowest BCUT2D eigenvalue weighted by atomic mass is 9.85. The first-order valence-electron chi connectivity index (χ1n) is 8.03. The Labute approximate surface area is 148 Å². The van der Waals surface area contributed by atoms with E-state index in [9.17, 15) is 18.3 Å². The number of rotatable bonds is 8. The summed E-state index contributed by atoms with van der Waals surface area (Å²) in [5, 5.41) is 9.64. The fraction of sp³-hybridized carbons (Fsp3) is 0.316. The van der Waals surface area contributed by atoms with Crippen LogP contribution in [0.2, 0.25) is 0 Å². The van der Waals surface area contributed by atoms with Crippen LogP contribution in [-0.4, -0.2) is 32.4 Å². The van der Waals surface area contributed by atoms with Gasteiger partial charge in [0, 0.05) is 0 Å². The predicted molar refractivity (Wildman–Crippen MR) is 95.6 cm³/mol. The zero-order valence-corrected chi connectivity index (χ0v) is 15.1. The Balaban J connectivity index is 2.32. The number of aliphatic carboxylic acids is 1. The maximum atomic E-state index is 12.7. The average molecular weight is 362 g/mol. The third-order valence-electron chi connectivity index (χ3n) is 4.29. The Kier molecular flexibility index (Phi) is 6.20. The molecular weight excluding hydrogens is 340 g/mol. The normalized spacial score (nSPS) is 13.8. The van der Waals surface area contributed by atoms with Gasteiger partial charge in [-0.3, -0.25) is 4.79 Å². The van der Waals surface area contributed by atoms with Crippen LogP contribution in [0.15, 0.2) is 59.5 Å². The molecule has 0 aliphatic heterocycles. The zero-order valence-electron chi connectivity index (χ0n) is 14.3. The largest absolute Gasteiger partial charge is 0.497 e. The van der Waals surface area contributed by atoms with E-state index < -0.39 is 27.5 Å². The molecule has 0 aliphatic carbocycles. The van der Waals surface area contributed by atoms with Crippen molar-refractivity contribution in [3.8, 4) is 5.75 Å². The SMILES string of the molecule is CCC(c1ccccc1)C(CS(=O)(=O)c1ccc(OC)cc1)C(=O)O. The van der Waals surface area contributed by atoms with Crippen molar-refractivity contribution < 1.29 is 23.1 Å². The quantitative estimate of drug-likeness (QED) is 0.779. The van der Waals surface area contributed by atoms with Crippen molar-refractivity contribution in [2.45, 2.75) is 24.2 Å². The van der Waals surface area contributed by atoms with Gasteiger partial charge in [-0.25, -0.2) is 8.42 Å². The van der Waals surface area contributed by atoms with Gasteiger partial charge in [0.2, 0.25) is 0 Å². The summed E-state index contributed by atoms with van der Waals surface area (Å²) in [6.45, 7) is 1.87. The van der Waals surface area contributed by atoms with E-state index in [0.29, 0.717) is 12.2 Å². The molecule has 0 bridgehead atoms. The fourth-order valence-electron chi connectivity index (χ4n) is 2.93. The lowest BCUT2D eigenvalue weighted by molar-refractivity contribution is -0.141. The minimum atomic E-state index is -3.73. The number of carboxylic acids is 1. The molecule has 0 amide bonds. The van der Waals surface area contributed by atoms with Gasteiger partial charge < -0.3 is 9.84 Å². The van der Waals surface area contributed by atoms with Crippen molar-refractivity contribution >= 4 is 15.8 Å². The summed E-state index contributed by atoms with van der Waals surface area (Å²) >= 11 is 0. The second-order valence-corrected chi connectivity index (χ2v) is 7.86. The maximum absolute atomic E-state index is 12.7. The van der Waals surface area contributed by atoms with Crippen LogP contribution in [0.4, 0.5) is 0 Å². The highest BCUT2D eigenvalue weighted by molar-refractivity contribution is 7.91. The summed E-state index contributed by atoms with van der Waals surface area (Å²) in [6, 6.07) is 15.2. The summed E-state index contributed by atoms with van der Waals surface area (Å²) in [5.74, 6) is -2.38. The molecular formula is C19H22O5S. The van der Waals surface area contributed by atoms with Gasteiger partial charge in [-0.05, 0) is 42.2 Å². The van der Waals surface area contributed by atoms with Crippen LogP contribution in [0.3, 0.4) is 0 Å². The van der Waals surface area contributed by atoms with E-state index in [2.05, 4.69) is 0 Å². The second kappa shape index (κ2) is 8.16. The molecule has 2 unspecified atom stereocenters. The van der Waals surface area contributed by atoms with E-state index in [0.717, 1.165) is 5.56 Å². The van der Waals surface area contributed by atoms with E-state index in [4.69, 9.17) is 4.74 Å². The Bertz CT molecular complexity index is 797. The maximum Gasteiger partial charge on any atom is 0.308 e. The summed E-state index contributed by atoms with van der Waals surface area (Å²) in [5.41, 5.74) is 0.835. The first kappa shape index (κ1) is 19.0. The molecule has 0 saturated carbocycles. The number of benzene rings is 2. The summed E-state index contributed by atoms with van der Waals surface area (Å²) in [4.78, 5) is 11.9. The van der Waals surface area contributed by atoms with Crippen LogP contribution in [0.1, 0.15) is 24.8 Å². The first-order valence-corrected chi connectivity index (χ1v) is 9.68. The van der Waals surface area contributed by atoms with Gasteiger partial charge in [0.15, 0.2) is 9.84 Å². The molecule has 1 N–H and O–H groups in total. The third-order valence-corrected chi connectivity index (χ3v) is 6.08. The number of sulfone groups is 1. The van der Waals surface area contributed by atoms with E-state index >= 15 is 0 Å². The molecule has 0 aromatic heterocycles. The van der Waals surface area contributed by atoms with E-state index in [1.54, 1.807) is 12.1 Å². The van der Waals surface area contributed by atoms with E-state index in [-0.39, 0.29) is 10.8 Å². The van der Waals surface area contributed by atoms with Crippen molar-refractivity contribution in [1.82, 2.24) is 0 Å². The van der Waals surface area contributed by atoms with Crippen molar-refractivity contribution in [3.05, 3.63) is 60.2 Å². The highest BCUT2D eigenvalue weighted by Gasteiger charge is 2.33.